The summed E-state index contributed by atoms with van der Waals surface area (Å²) in [6, 6.07) is 2.71. The predicted octanol–water partition coefficient (Wildman–Crippen LogP) is 3.13. The molecule has 0 saturated heterocycles. The molecule has 21 heavy (non-hydrogen) atoms. The van der Waals surface area contributed by atoms with E-state index in [1.54, 1.807) is 27.7 Å². The van der Waals surface area contributed by atoms with Gasteiger partial charge in [0, 0.05) is 6.07 Å². The summed E-state index contributed by atoms with van der Waals surface area (Å²) < 4.78 is 31.5. The number of carbonyl (C=O) groups is 2. The van der Waals surface area contributed by atoms with E-state index in [0.717, 1.165) is 18.2 Å². The van der Waals surface area contributed by atoms with E-state index in [9.17, 15) is 18.4 Å². The number of anilines is 1. The number of benzene rings is 1. The highest BCUT2D eigenvalue weighted by molar-refractivity contribution is 6.05. The second-order valence-corrected chi connectivity index (χ2v) is 5.66. The first-order chi connectivity index (χ1) is 9.66. The first-order valence-electron chi connectivity index (χ1n) is 6.59. The average molecular weight is 299 g/mol. The van der Waals surface area contributed by atoms with Crippen LogP contribution < -0.4 is 5.32 Å². The Bertz CT molecular complexity index is 538. The van der Waals surface area contributed by atoms with Gasteiger partial charge in [-0.15, -0.1) is 0 Å². The Hall–Kier alpha value is -1.98. The highest BCUT2D eigenvalue weighted by Gasteiger charge is 2.39. The highest BCUT2D eigenvalue weighted by atomic mass is 19.1. The Morgan fingerprint density at radius 2 is 1.90 bits per heavy atom. The molecule has 1 N–H and O–H groups in total. The Balaban J connectivity index is 3.01. The lowest BCUT2D eigenvalue weighted by Crippen LogP contribution is -2.40. The maximum absolute atomic E-state index is 13.5. The zero-order valence-electron chi connectivity index (χ0n) is 12.5. The summed E-state index contributed by atoms with van der Waals surface area (Å²) in [7, 11) is 0. The standard InChI is InChI=1S/C15H19F2NO3/c1-5-21-14(20)12(15(2,3)4)13(19)18-11-8-9(16)6-7-10(11)17/h6-8,12H,5H2,1-4H3,(H,18,19). The van der Waals surface area contributed by atoms with Crippen molar-refractivity contribution in [3.63, 3.8) is 0 Å². The summed E-state index contributed by atoms with van der Waals surface area (Å²) >= 11 is 0. The van der Waals surface area contributed by atoms with E-state index in [4.69, 9.17) is 4.74 Å². The maximum atomic E-state index is 13.5. The van der Waals surface area contributed by atoms with Crippen LogP contribution in [0.15, 0.2) is 18.2 Å². The molecule has 1 atom stereocenters. The maximum Gasteiger partial charge on any atom is 0.319 e. The van der Waals surface area contributed by atoms with Crippen LogP contribution in [-0.4, -0.2) is 18.5 Å². The number of esters is 1. The molecule has 1 rings (SSSR count). The first-order valence-corrected chi connectivity index (χ1v) is 6.59. The minimum absolute atomic E-state index is 0.132. The van der Waals surface area contributed by atoms with Crippen LogP contribution in [0, 0.1) is 23.0 Å². The molecule has 0 aliphatic heterocycles. The molecule has 0 aliphatic rings. The monoisotopic (exact) mass is 299 g/mol. The van der Waals surface area contributed by atoms with Gasteiger partial charge in [-0.05, 0) is 24.5 Å². The first kappa shape index (κ1) is 17.1. The van der Waals surface area contributed by atoms with E-state index in [2.05, 4.69) is 5.32 Å². The van der Waals surface area contributed by atoms with E-state index in [1.165, 1.54) is 0 Å². The van der Waals surface area contributed by atoms with Gasteiger partial charge in [0.2, 0.25) is 5.91 Å². The minimum Gasteiger partial charge on any atom is -0.465 e. The third-order valence-corrected chi connectivity index (χ3v) is 2.84. The molecular weight excluding hydrogens is 280 g/mol. The largest absolute Gasteiger partial charge is 0.465 e. The van der Waals surface area contributed by atoms with Gasteiger partial charge >= 0.3 is 5.97 Å². The van der Waals surface area contributed by atoms with Crippen LogP contribution in [0.1, 0.15) is 27.7 Å². The Morgan fingerprint density at radius 3 is 2.43 bits per heavy atom. The molecule has 4 nitrogen and oxygen atoms in total. The van der Waals surface area contributed by atoms with Crippen molar-refractivity contribution >= 4 is 17.6 Å². The Kier molecular flexibility index (Phi) is 5.41. The van der Waals surface area contributed by atoms with E-state index in [1.807, 2.05) is 0 Å². The predicted molar refractivity (Wildman–Crippen MR) is 74.6 cm³/mol. The highest BCUT2D eigenvalue weighted by Crippen LogP contribution is 2.29. The summed E-state index contributed by atoms with van der Waals surface area (Å²) in [5, 5.41) is 2.24. The number of nitrogens with one attached hydrogen (secondary N) is 1. The second-order valence-electron chi connectivity index (χ2n) is 5.66. The third kappa shape index (κ3) is 4.51. The van der Waals surface area contributed by atoms with Crippen molar-refractivity contribution in [1.29, 1.82) is 0 Å². The topological polar surface area (TPSA) is 55.4 Å². The van der Waals surface area contributed by atoms with Gasteiger partial charge in [-0.2, -0.15) is 0 Å². The molecule has 116 valence electrons. The van der Waals surface area contributed by atoms with Crippen molar-refractivity contribution in [2.75, 3.05) is 11.9 Å². The molecule has 0 bridgehead atoms. The zero-order valence-corrected chi connectivity index (χ0v) is 12.5. The molecule has 0 spiro atoms. The lowest BCUT2D eigenvalue weighted by molar-refractivity contribution is -0.155. The third-order valence-electron chi connectivity index (χ3n) is 2.84. The fourth-order valence-corrected chi connectivity index (χ4v) is 1.88. The molecule has 0 aliphatic carbocycles. The molecule has 0 saturated carbocycles. The summed E-state index contributed by atoms with van der Waals surface area (Å²) in [4.78, 5) is 24.2. The molecule has 1 aromatic carbocycles. The van der Waals surface area contributed by atoms with Crippen LogP contribution in [0.3, 0.4) is 0 Å². The van der Waals surface area contributed by atoms with Gasteiger partial charge < -0.3 is 10.1 Å². The van der Waals surface area contributed by atoms with Gasteiger partial charge in [-0.25, -0.2) is 8.78 Å². The van der Waals surface area contributed by atoms with Gasteiger partial charge in [0.05, 0.1) is 12.3 Å². The lowest BCUT2D eigenvalue weighted by Gasteiger charge is -2.27. The number of ether oxygens (including phenoxy) is 1. The van der Waals surface area contributed by atoms with Crippen LogP contribution >= 0.6 is 0 Å². The van der Waals surface area contributed by atoms with Crippen LogP contribution in [0.5, 0.6) is 0 Å². The van der Waals surface area contributed by atoms with Crippen molar-refractivity contribution in [3.05, 3.63) is 29.8 Å². The van der Waals surface area contributed by atoms with Crippen LogP contribution in [-0.2, 0) is 14.3 Å². The number of halogens is 2. The number of carbonyl (C=O) groups excluding carboxylic acids is 2. The fraction of sp³-hybridized carbons (Fsp3) is 0.467. The van der Waals surface area contributed by atoms with Crippen molar-refractivity contribution < 1.29 is 23.1 Å². The fourth-order valence-electron chi connectivity index (χ4n) is 1.88. The van der Waals surface area contributed by atoms with Crippen LogP contribution in [0.2, 0.25) is 0 Å². The Morgan fingerprint density at radius 1 is 1.29 bits per heavy atom. The van der Waals surface area contributed by atoms with Crippen LogP contribution in [0.25, 0.3) is 0 Å². The van der Waals surface area contributed by atoms with Crippen molar-refractivity contribution in [1.82, 2.24) is 0 Å². The number of amides is 1. The molecule has 0 fully saturated rings. The molecule has 0 radical (unpaired) electrons. The van der Waals surface area contributed by atoms with E-state index < -0.39 is 34.8 Å². The summed E-state index contributed by atoms with van der Waals surface area (Å²) in [6.45, 7) is 6.83. The van der Waals surface area contributed by atoms with E-state index in [0.29, 0.717) is 0 Å². The molecule has 1 unspecified atom stereocenters. The Labute approximate surface area is 122 Å². The zero-order chi connectivity index (χ0) is 16.2. The van der Waals surface area contributed by atoms with Crippen molar-refractivity contribution in [2.24, 2.45) is 11.3 Å². The van der Waals surface area contributed by atoms with Crippen LogP contribution in [0.4, 0.5) is 14.5 Å². The SMILES string of the molecule is CCOC(=O)C(C(=O)Nc1cc(F)ccc1F)C(C)(C)C. The van der Waals surface area contributed by atoms with Gasteiger partial charge in [0.1, 0.15) is 17.6 Å². The van der Waals surface area contributed by atoms with Crippen molar-refractivity contribution in [3.8, 4) is 0 Å². The normalized spacial score (nSPS) is 12.7. The molecular formula is C15H19F2NO3. The average Bonchev–Trinajstić information content (AvgIpc) is 2.32. The molecule has 0 heterocycles. The number of hydrogen-bond acceptors (Lipinski definition) is 3. The summed E-state index contributed by atoms with van der Waals surface area (Å²) in [5.74, 6) is -4.01. The summed E-state index contributed by atoms with van der Waals surface area (Å²) in [5.41, 5.74) is -1.03. The molecule has 1 amide bonds. The van der Waals surface area contributed by atoms with E-state index in [-0.39, 0.29) is 12.3 Å². The number of rotatable bonds is 4. The lowest BCUT2D eigenvalue weighted by atomic mass is 9.80. The van der Waals surface area contributed by atoms with Gasteiger partial charge in [-0.3, -0.25) is 9.59 Å². The second kappa shape index (κ2) is 6.65. The summed E-state index contributed by atoms with van der Waals surface area (Å²) in [6.07, 6.45) is 0. The minimum atomic E-state index is -1.12. The van der Waals surface area contributed by atoms with Gasteiger partial charge in [-0.1, -0.05) is 20.8 Å². The van der Waals surface area contributed by atoms with Gasteiger partial charge in [0.25, 0.3) is 0 Å². The smallest absolute Gasteiger partial charge is 0.319 e. The molecule has 6 heteroatoms. The number of hydrogen-bond donors (Lipinski definition) is 1. The van der Waals surface area contributed by atoms with Gasteiger partial charge in [0.15, 0.2) is 0 Å². The van der Waals surface area contributed by atoms with E-state index >= 15 is 0 Å². The quantitative estimate of drug-likeness (QED) is 0.686. The molecule has 0 aromatic heterocycles. The van der Waals surface area contributed by atoms with Crippen molar-refractivity contribution in [2.45, 2.75) is 27.7 Å². The molecule has 1 aromatic rings.